The summed E-state index contributed by atoms with van der Waals surface area (Å²) in [6, 6.07) is 38.7. The summed E-state index contributed by atoms with van der Waals surface area (Å²) in [4.78, 5) is 4.94. The van der Waals surface area contributed by atoms with Crippen LogP contribution in [0.3, 0.4) is 0 Å². The second-order valence-corrected chi connectivity index (χ2v) is 10.7. The number of nitrogens with zero attached hydrogens (tertiary/aromatic N) is 1. The third-order valence-corrected chi connectivity index (χ3v) is 7.71. The SMILES string of the molecule is Cc1cc(C(C)C)c2ccc3c(-c4cc(-c5ccccc5)c5oc(-c6ccccc6)cc5c4)nccc3c2c1. The lowest BCUT2D eigenvalue weighted by Gasteiger charge is -2.15. The molecular weight excluding hydrogens is 474 g/mol. The summed E-state index contributed by atoms with van der Waals surface area (Å²) in [5.74, 6) is 1.33. The van der Waals surface area contributed by atoms with E-state index >= 15 is 0 Å². The molecule has 5 aromatic carbocycles. The molecule has 0 amide bonds. The van der Waals surface area contributed by atoms with Gasteiger partial charge in [0.05, 0.1) is 5.69 Å². The average molecular weight is 504 g/mol. The Hall–Kier alpha value is -4.69. The highest BCUT2D eigenvalue weighted by molar-refractivity contribution is 6.13. The third kappa shape index (κ3) is 4.00. The van der Waals surface area contributed by atoms with Gasteiger partial charge in [0.15, 0.2) is 0 Å². The highest BCUT2D eigenvalue weighted by atomic mass is 16.3. The molecule has 0 saturated carbocycles. The van der Waals surface area contributed by atoms with Crippen molar-refractivity contribution < 1.29 is 4.42 Å². The fourth-order valence-electron chi connectivity index (χ4n) is 5.85. The molecule has 0 atom stereocenters. The Labute approximate surface area is 228 Å². The highest BCUT2D eigenvalue weighted by Gasteiger charge is 2.17. The molecule has 0 bridgehead atoms. The molecular formula is C37H29NO. The fourth-order valence-corrected chi connectivity index (χ4v) is 5.85. The van der Waals surface area contributed by atoms with Crippen LogP contribution in [-0.2, 0) is 0 Å². The molecule has 0 aliphatic rings. The third-order valence-electron chi connectivity index (χ3n) is 7.71. The van der Waals surface area contributed by atoms with Gasteiger partial charge in [-0.25, -0.2) is 0 Å². The first kappa shape index (κ1) is 23.4. The quantitative estimate of drug-likeness (QED) is 0.223. The van der Waals surface area contributed by atoms with Crippen LogP contribution in [0.15, 0.2) is 120 Å². The van der Waals surface area contributed by atoms with Gasteiger partial charge in [0.2, 0.25) is 0 Å². The molecule has 2 heteroatoms. The molecule has 2 nitrogen and oxygen atoms in total. The van der Waals surface area contributed by atoms with E-state index in [9.17, 15) is 0 Å². The number of aryl methyl sites for hydroxylation is 1. The molecule has 2 aromatic heterocycles. The van der Waals surface area contributed by atoms with E-state index in [1.54, 1.807) is 0 Å². The van der Waals surface area contributed by atoms with Crippen LogP contribution in [0.5, 0.6) is 0 Å². The topological polar surface area (TPSA) is 26.0 Å². The van der Waals surface area contributed by atoms with Gasteiger partial charge in [0.25, 0.3) is 0 Å². The minimum absolute atomic E-state index is 0.460. The Morgan fingerprint density at radius 1 is 0.615 bits per heavy atom. The van der Waals surface area contributed by atoms with Gasteiger partial charge in [-0.05, 0) is 64.4 Å². The zero-order chi connectivity index (χ0) is 26.5. The number of pyridine rings is 1. The normalized spacial score (nSPS) is 11.7. The summed E-state index contributed by atoms with van der Waals surface area (Å²) in [5.41, 5.74) is 8.92. The van der Waals surface area contributed by atoms with Crippen LogP contribution in [0.25, 0.3) is 66.2 Å². The van der Waals surface area contributed by atoms with Gasteiger partial charge in [-0.2, -0.15) is 0 Å². The van der Waals surface area contributed by atoms with Crippen molar-refractivity contribution in [1.29, 1.82) is 0 Å². The van der Waals surface area contributed by atoms with Gasteiger partial charge in [-0.3, -0.25) is 4.98 Å². The summed E-state index contributed by atoms with van der Waals surface area (Å²) in [5, 5.41) is 6.08. The van der Waals surface area contributed by atoms with E-state index < -0.39 is 0 Å². The first-order valence-electron chi connectivity index (χ1n) is 13.6. The molecule has 0 saturated heterocycles. The average Bonchev–Trinajstić information content (AvgIpc) is 3.41. The molecule has 0 fully saturated rings. The van der Waals surface area contributed by atoms with Crippen molar-refractivity contribution in [1.82, 2.24) is 4.98 Å². The smallest absolute Gasteiger partial charge is 0.142 e. The standard InChI is InChI=1S/C37H29NO/c1-23(2)32-18-24(3)19-34-29(32)14-15-31-30(34)16-17-38-36(31)27-20-28-22-35(26-12-8-5-9-13-26)39-37(28)33(21-27)25-10-6-4-7-11-25/h4-23H,1-3H3. The van der Waals surface area contributed by atoms with E-state index in [4.69, 9.17) is 9.40 Å². The van der Waals surface area contributed by atoms with E-state index in [-0.39, 0.29) is 0 Å². The minimum Gasteiger partial charge on any atom is -0.455 e. The van der Waals surface area contributed by atoms with E-state index in [2.05, 4.69) is 106 Å². The summed E-state index contributed by atoms with van der Waals surface area (Å²) in [7, 11) is 0. The Morgan fingerprint density at radius 3 is 2.08 bits per heavy atom. The Morgan fingerprint density at radius 2 is 1.33 bits per heavy atom. The van der Waals surface area contributed by atoms with Crippen molar-refractivity contribution in [3.05, 3.63) is 127 Å². The van der Waals surface area contributed by atoms with Crippen LogP contribution in [0, 0.1) is 6.92 Å². The first-order valence-corrected chi connectivity index (χ1v) is 13.6. The number of aromatic nitrogens is 1. The maximum atomic E-state index is 6.50. The molecule has 188 valence electrons. The Bertz CT molecular complexity index is 1980. The zero-order valence-corrected chi connectivity index (χ0v) is 22.4. The summed E-state index contributed by atoms with van der Waals surface area (Å²) in [6.07, 6.45) is 1.95. The Kier molecular flexibility index (Phi) is 5.56. The lowest BCUT2D eigenvalue weighted by atomic mass is 9.90. The number of benzene rings is 5. The lowest BCUT2D eigenvalue weighted by molar-refractivity contribution is 0.632. The molecule has 0 aliphatic heterocycles. The number of hydrogen-bond donors (Lipinski definition) is 0. The molecule has 0 radical (unpaired) electrons. The number of furan rings is 1. The maximum absolute atomic E-state index is 6.50. The monoisotopic (exact) mass is 503 g/mol. The van der Waals surface area contributed by atoms with Gasteiger partial charge in [0, 0.05) is 33.7 Å². The van der Waals surface area contributed by atoms with Crippen LogP contribution in [0.1, 0.15) is 30.9 Å². The Balaban J connectivity index is 1.50. The van der Waals surface area contributed by atoms with Crippen molar-refractivity contribution in [2.24, 2.45) is 0 Å². The first-order chi connectivity index (χ1) is 19.1. The molecule has 0 aliphatic carbocycles. The van der Waals surface area contributed by atoms with E-state index in [1.165, 1.54) is 27.3 Å². The van der Waals surface area contributed by atoms with Gasteiger partial charge in [-0.15, -0.1) is 0 Å². The van der Waals surface area contributed by atoms with Crippen LogP contribution >= 0.6 is 0 Å². The minimum atomic E-state index is 0.460. The van der Waals surface area contributed by atoms with Gasteiger partial charge >= 0.3 is 0 Å². The molecule has 39 heavy (non-hydrogen) atoms. The van der Waals surface area contributed by atoms with Gasteiger partial charge in [-0.1, -0.05) is 104 Å². The molecule has 2 heterocycles. The molecule has 0 spiro atoms. The van der Waals surface area contributed by atoms with Crippen molar-refractivity contribution in [3.63, 3.8) is 0 Å². The number of hydrogen-bond acceptors (Lipinski definition) is 2. The maximum Gasteiger partial charge on any atom is 0.142 e. The van der Waals surface area contributed by atoms with Crippen LogP contribution in [0.4, 0.5) is 0 Å². The second-order valence-electron chi connectivity index (χ2n) is 10.7. The zero-order valence-electron chi connectivity index (χ0n) is 22.4. The molecule has 7 aromatic rings. The predicted molar refractivity (Wildman–Crippen MR) is 164 cm³/mol. The number of rotatable bonds is 4. The van der Waals surface area contributed by atoms with Gasteiger partial charge in [0.1, 0.15) is 11.3 Å². The molecule has 7 rings (SSSR count). The van der Waals surface area contributed by atoms with E-state index in [1.807, 2.05) is 30.5 Å². The van der Waals surface area contributed by atoms with Crippen molar-refractivity contribution in [2.45, 2.75) is 26.7 Å². The second kappa shape index (κ2) is 9.25. The van der Waals surface area contributed by atoms with Gasteiger partial charge < -0.3 is 4.42 Å². The molecule has 0 N–H and O–H groups in total. The van der Waals surface area contributed by atoms with Crippen LogP contribution < -0.4 is 0 Å². The van der Waals surface area contributed by atoms with Crippen LogP contribution in [0.2, 0.25) is 0 Å². The lowest BCUT2D eigenvalue weighted by Crippen LogP contribution is -1.93. The summed E-state index contributed by atoms with van der Waals surface area (Å²) < 4.78 is 6.50. The van der Waals surface area contributed by atoms with Crippen molar-refractivity contribution >= 4 is 32.5 Å². The molecule has 0 unspecified atom stereocenters. The van der Waals surface area contributed by atoms with E-state index in [0.29, 0.717) is 5.92 Å². The highest BCUT2D eigenvalue weighted by Crippen LogP contribution is 2.41. The fraction of sp³-hybridized carbons (Fsp3) is 0.108. The summed E-state index contributed by atoms with van der Waals surface area (Å²) >= 11 is 0. The van der Waals surface area contributed by atoms with Crippen molar-refractivity contribution in [2.75, 3.05) is 0 Å². The van der Waals surface area contributed by atoms with Crippen molar-refractivity contribution in [3.8, 4) is 33.7 Å². The largest absolute Gasteiger partial charge is 0.455 e. The predicted octanol–water partition coefficient (Wildman–Crippen LogP) is 10.6. The number of fused-ring (bicyclic) bond motifs is 4. The summed E-state index contributed by atoms with van der Waals surface area (Å²) in [6.45, 7) is 6.73. The van der Waals surface area contributed by atoms with Crippen LogP contribution in [-0.4, -0.2) is 4.98 Å². The van der Waals surface area contributed by atoms with E-state index in [0.717, 1.165) is 50.1 Å².